The maximum atomic E-state index is 12.7. The quantitative estimate of drug-likeness (QED) is 0.620. The number of carbonyl (C=O) groups excluding carboxylic acids is 1. The van der Waals surface area contributed by atoms with E-state index in [2.05, 4.69) is 0 Å². The molecule has 1 aromatic carbocycles. The largest absolute Gasteiger partial charge is 0.462 e. The molecule has 0 heterocycles. The van der Waals surface area contributed by atoms with Gasteiger partial charge < -0.3 is 4.74 Å². The molecule has 0 N–H and O–H groups in total. The maximum Gasteiger partial charge on any atom is 0.340 e. The van der Waals surface area contributed by atoms with E-state index in [1.807, 2.05) is 0 Å². The molecule has 90 valence electrons. The molecule has 17 heavy (non-hydrogen) atoms. The Kier molecular flexibility index (Phi) is 4.81. The van der Waals surface area contributed by atoms with E-state index in [0.717, 1.165) is 6.07 Å². The second kappa shape index (κ2) is 5.91. The van der Waals surface area contributed by atoms with Crippen molar-refractivity contribution in [3.8, 4) is 6.07 Å². The molecule has 3 nitrogen and oxygen atoms in total. The van der Waals surface area contributed by atoms with Gasteiger partial charge in [0.15, 0.2) is 0 Å². The van der Waals surface area contributed by atoms with Crippen LogP contribution in [-0.2, 0) is 4.74 Å². The predicted molar refractivity (Wildman–Crippen MR) is 64.8 cm³/mol. The molecule has 0 spiro atoms. The number of alkyl halides is 2. The second-order valence-electron chi connectivity index (χ2n) is 3.02. The second-order valence-corrected chi connectivity index (χ2v) is 4.10. The van der Waals surface area contributed by atoms with Crippen molar-refractivity contribution < 1.29 is 18.3 Å². The van der Waals surface area contributed by atoms with Crippen molar-refractivity contribution in [2.75, 3.05) is 6.61 Å². The number of halogens is 3. The third-order valence-electron chi connectivity index (χ3n) is 2.01. The Morgan fingerprint density at radius 3 is 2.71 bits per heavy atom. The number of nitriles is 1. The summed E-state index contributed by atoms with van der Waals surface area (Å²) in [4.78, 5) is 11.6. The van der Waals surface area contributed by atoms with Gasteiger partial charge in [-0.25, -0.2) is 13.6 Å². The highest BCUT2D eigenvalue weighted by atomic mass is 127. The SMILES string of the molecule is CCOC(=O)c1c(C#N)ccc(C(F)F)c1I. The van der Waals surface area contributed by atoms with Gasteiger partial charge in [-0.3, -0.25) is 0 Å². The molecular formula is C11H8F2INO2. The van der Waals surface area contributed by atoms with Gasteiger partial charge in [0, 0.05) is 9.13 Å². The third-order valence-corrected chi connectivity index (χ3v) is 3.17. The maximum absolute atomic E-state index is 12.7. The van der Waals surface area contributed by atoms with E-state index in [-0.39, 0.29) is 26.9 Å². The number of nitrogens with zero attached hydrogens (tertiary/aromatic N) is 1. The van der Waals surface area contributed by atoms with Crippen LogP contribution in [0.1, 0.15) is 34.8 Å². The molecule has 0 bridgehead atoms. The summed E-state index contributed by atoms with van der Waals surface area (Å²) < 4.78 is 30.1. The fourth-order valence-corrected chi connectivity index (χ4v) is 2.18. The lowest BCUT2D eigenvalue weighted by atomic mass is 10.0. The van der Waals surface area contributed by atoms with Crippen LogP contribution >= 0.6 is 22.6 Å². The van der Waals surface area contributed by atoms with Gasteiger partial charge in [0.05, 0.1) is 17.7 Å². The van der Waals surface area contributed by atoms with E-state index in [0.29, 0.717) is 0 Å². The summed E-state index contributed by atoms with van der Waals surface area (Å²) in [5, 5.41) is 8.84. The van der Waals surface area contributed by atoms with Crippen molar-refractivity contribution in [1.29, 1.82) is 5.26 Å². The summed E-state index contributed by atoms with van der Waals surface area (Å²) in [6, 6.07) is 4.14. The number of ether oxygens (including phenoxy) is 1. The Hall–Kier alpha value is -1.23. The lowest BCUT2D eigenvalue weighted by molar-refractivity contribution is 0.0524. The Bertz CT molecular complexity index is 483. The van der Waals surface area contributed by atoms with Gasteiger partial charge in [-0.1, -0.05) is 6.07 Å². The van der Waals surface area contributed by atoms with Gasteiger partial charge in [-0.2, -0.15) is 5.26 Å². The molecule has 0 unspecified atom stereocenters. The van der Waals surface area contributed by atoms with Crippen molar-refractivity contribution in [3.63, 3.8) is 0 Å². The molecule has 0 atom stereocenters. The molecule has 6 heteroatoms. The summed E-state index contributed by atoms with van der Waals surface area (Å²) in [6.07, 6.45) is -2.69. The van der Waals surface area contributed by atoms with Crippen LogP contribution in [0.3, 0.4) is 0 Å². The van der Waals surface area contributed by atoms with E-state index in [9.17, 15) is 13.6 Å². The highest BCUT2D eigenvalue weighted by molar-refractivity contribution is 14.1. The Morgan fingerprint density at radius 1 is 1.59 bits per heavy atom. The average Bonchev–Trinajstić information content (AvgIpc) is 2.27. The zero-order valence-corrected chi connectivity index (χ0v) is 11.0. The number of carbonyl (C=O) groups is 1. The molecule has 0 aliphatic carbocycles. The molecule has 0 amide bonds. The highest BCUT2D eigenvalue weighted by Crippen LogP contribution is 2.29. The minimum atomic E-state index is -2.69. The zero-order chi connectivity index (χ0) is 13.0. The number of esters is 1. The summed E-state index contributed by atoms with van der Waals surface area (Å²) in [6.45, 7) is 1.73. The first-order valence-electron chi connectivity index (χ1n) is 4.70. The summed E-state index contributed by atoms with van der Waals surface area (Å²) in [5.41, 5.74) is -0.322. The minimum absolute atomic E-state index is 0.0391. The summed E-state index contributed by atoms with van der Waals surface area (Å²) >= 11 is 1.63. The molecule has 0 saturated carbocycles. The monoisotopic (exact) mass is 351 g/mol. The summed E-state index contributed by atoms with van der Waals surface area (Å²) in [5.74, 6) is -0.754. The van der Waals surface area contributed by atoms with Gasteiger partial charge in [0.2, 0.25) is 0 Å². The van der Waals surface area contributed by atoms with Crippen LogP contribution < -0.4 is 0 Å². The van der Waals surface area contributed by atoms with Crippen LogP contribution in [0.4, 0.5) is 8.78 Å². The van der Waals surface area contributed by atoms with Crippen LogP contribution in [0.2, 0.25) is 0 Å². The average molecular weight is 351 g/mol. The molecule has 1 aromatic rings. The highest BCUT2D eigenvalue weighted by Gasteiger charge is 2.22. The Balaban J connectivity index is 3.39. The first kappa shape index (κ1) is 13.8. The fourth-order valence-electron chi connectivity index (χ4n) is 1.26. The topological polar surface area (TPSA) is 50.1 Å². The summed E-state index contributed by atoms with van der Waals surface area (Å²) in [7, 11) is 0. The molecule has 0 aliphatic heterocycles. The van der Waals surface area contributed by atoms with Crippen LogP contribution in [-0.4, -0.2) is 12.6 Å². The minimum Gasteiger partial charge on any atom is -0.462 e. The van der Waals surface area contributed by atoms with E-state index < -0.39 is 12.4 Å². The number of rotatable bonds is 3. The molecule has 0 fully saturated rings. The Labute approximate surface area is 111 Å². The van der Waals surface area contributed by atoms with Gasteiger partial charge >= 0.3 is 5.97 Å². The van der Waals surface area contributed by atoms with E-state index in [4.69, 9.17) is 10.00 Å². The lowest BCUT2D eigenvalue weighted by Crippen LogP contribution is -2.11. The molecule has 0 aliphatic rings. The van der Waals surface area contributed by atoms with Crippen LogP contribution in [0.15, 0.2) is 12.1 Å². The van der Waals surface area contributed by atoms with Crippen molar-refractivity contribution in [2.45, 2.75) is 13.3 Å². The number of benzene rings is 1. The van der Waals surface area contributed by atoms with E-state index in [1.54, 1.807) is 35.6 Å². The molecular weight excluding hydrogens is 343 g/mol. The molecule has 0 saturated heterocycles. The Morgan fingerprint density at radius 2 is 2.24 bits per heavy atom. The van der Waals surface area contributed by atoms with Gasteiger partial charge in [-0.15, -0.1) is 0 Å². The first-order valence-corrected chi connectivity index (χ1v) is 5.78. The fraction of sp³-hybridized carbons (Fsp3) is 0.273. The van der Waals surface area contributed by atoms with Crippen molar-refractivity contribution >= 4 is 28.6 Å². The molecule has 1 rings (SSSR count). The zero-order valence-electron chi connectivity index (χ0n) is 8.84. The van der Waals surface area contributed by atoms with Crippen molar-refractivity contribution in [1.82, 2.24) is 0 Å². The van der Waals surface area contributed by atoms with Crippen LogP contribution in [0, 0.1) is 14.9 Å². The van der Waals surface area contributed by atoms with Crippen molar-refractivity contribution in [3.05, 3.63) is 32.4 Å². The number of hydrogen-bond acceptors (Lipinski definition) is 3. The molecule has 0 radical (unpaired) electrons. The van der Waals surface area contributed by atoms with Crippen molar-refractivity contribution in [2.24, 2.45) is 0 Å². The van der Waals surface area contributed by atoms with E-state index >= 15 is 0 Å². The third kappa shape index (κ3) is 2.91. The van der Waals surface area contributed by atoms with Gasteiger partial charge in [-0.05, 0) is 35.6 Å². The first-order chi connectivity index (χ1) is 8.02. The van der Waals surface area contributed by atoms with Crippen LogP contribution in [0.25, 0.3) is 0 Å². The van der Waals surface area contributed by atoms with Gasteiger partial charge in [0.1, 0.15) is 6.07 Å². The molecule has 0 aromatic heterocycles. The van der Waals surface area contributed by atoms with Gasteiger partial charge in [0.25, 0.3) is 6.43 Å². The number of hydrogen-bond donors (Lipinski definition) is 0. The normalized spacial score (nSPS) is 10.1. The van der Waals surface area contributed by atoms with Crippen LogP contribution in [0.5, 0.6) is 0 Å². The van der Waals surface area contributed by atoms with E-state index in [1.165, 1.54) is 6.07 Å². The standard InChI is InChI=1S/C11H8F2INO2/c1-2-17-11(16)8-6(5-15)3-4-7(9(8)14)10(12)13/h3-4,10H,2H2,1H3. The lowest BCUT2D eigenvalue weighted by Gasteiger charge is -2.10. The smallest absolute Gasteiger partial charge is 0.340 e. The predicted octanol–water partition coefficient (Wildman–Crippen LogP) is 3.28.